The molecule has 0 aromatic carbocycles. The molecule has 6 N–H and O–H groups in total. The molecule has 0 aromatic heterocycles. The van der Waals surface area contributed by atoms with Gasteiger partial charge in [-0.1, -0.05) is 37.1 Å². The van der Waals surface area contributed by atoms with E-state index in [1.807, 2.05) is 12.2 Å². The molecule has 0 aliphatic heterocycles. The smallest absolute Gasteiger partial charge is 0.320 e. The second kappa shape index (κ2) is 14.9. The topological polar surface area (TPSA) is 127 Å². The summed E-state index contributed by atoms with van der Waals surface area (Å²) in [5, 5.41) is 17.3. The molecule has 0 aliphatic rings. The minimum Gasteiger partial charge on any atom is -0.480 e. The molecule has 6 heteroatoms. The van der Waals surface area contributed by atoms with Crippen LogP contribution < -0.4 is 11.5 Å². The molecule has 0 rings (SSSR count). The van der Waals surface area contributed by atoms with E-state index in [-0.39, 0.29) is 0 Å². The van der Waals surface area contributed by atoms with Crippen LogP contribution in [0.2, 0.25) is 0 Å². The summed E-state index contributed by atoms with van der Waals surface area (Å²) in [6.07, 6.45) is 17.3. The Morgan fingerprint density at radius 2 is 1.00 bits per heavy atom. The molecule has 0 heterocycles. The van der Waals surface area contributed by atoms with Gasteiger partial charge in [-0.25, -0.2) is 0 Å². The molecule has 0 aliphatic carbocycles. The van der Waals surface area contributed by atoms with E-state index in [9.17, 15) is 9.59 Å². The predicted octanol–water partition coefficient (Wildman–Crippen LogP) is 2.82. The quantitative estimate of drug-likeness (QED) is 0.268. The molecule has 0 fully saturated rings. The normalized spacial score (nSPS) is 14.2. The number of hydrogen-bond donors (Lipinski definition) is 4. The molecular formula is C18H32N2O4. The first-order valence-electron chi connectivity index (χ1n) is 8.72. The molecular weight excluding hydrogens is 308 g/mol. The van der Waals surface area contributed by atoms with Gasteiger partial charge in [-0.3, -0.25) is 9.59 Å². The highest BCUT2D eigenvalue weighted by atomic mass is 16.4. The Balaban J connectivity index is 3.36. The van der Waals surface area contributed by atoms with Crippen molar-refractivity contribution in [2.24, 2.45) is 11.5 Å². The lowest BCUT2D eigenvalue weighted by Crippen LogP contribution is -2.29. The Hall–Kier alpha value is -1.66. The second-order valence-electron chi connectivity index (χ2n) is 5.98. The van der Waals surface area contributed by atoms with E-state index in [1.54, 1.807) is 0 Å². The predicted molar refractivity (Wildman–Crippen MR) is 95.7 cm³/mol. The van der Waals surface area contributed by atoms with Gasteiger partial charge in [0.2, 0.25) is 0 Å². The van der Waals surface area contributed by atoms with E-state index >= 15 is 0 Å². The number of allylic oxidation sites excluding steroid dienone is 4. The van der Waals surface area contributed by atoms with E-state index in [0.717, 1.165) is 25.7 Å². The van der Waals surface area contributed by atoms with Gasteiger partial charge < -0.3 is 21.7 Å². The first-order valence-corrected chi connectivity index (χ1v) is 8.72. The number of unbranched alkanes of at least 4 members (excludes halogenated alkanes) is 5. The maximum atomic E-state index is 10.5. The number of hydrogen-bond acceptors (Lipinski definition) is 4. The molecule has 0 saturated heterocycles. The minimum atomic E-state index is -0.942. The van der Waals surface area contributed by atoms with Gasteiger partial charge in [0.05, 0.1) is 0 Å². The van der Waals surface area contributed by atoms with Crippen molar-refractivity contribution in [1.29, 1.82) is 0 Å². The van der Waals surface area contributed by atoms with Crippen molar-refractivity contribution in [3.63, 3.8) is 0 Å². The molecule has 0 saturated carbocycles. The van der Waals surface area contributed by atoms with Crippen molar-refractivity contribution in [3.05, 3.63) is 24.3 Å². The third-order valence-electron chi connectivity index (χ3n) is 3.75. The van der Waals surface area contributed by atoms with Crippen LogP contribution in [-0.2, 0) is 9.59 Å². The van der Waals surface area contributed by atoms with E-state index in [4.69, 9.17) is 21.7 Å². The summed E-state index contributed by atoms with van der Waals surface area (Å²) in [5.74, 6) is -1.88. The van der Waals surface area contributed by atoms with Crippen LogP contribution >= 0.6 is 0 Å². The largest absolute Gasteiger partial charge is 0.480 e. The molecule has 0 spiro atoms. The Labute approximate surface area is 144 Å². The summed E-state index contributed by atoms with van der Waals surface area (Å²) < 4.78 is 0. The Bertz CT molecular complexity index is 370. The van der Waals surface area contributed by atoms with Crippen LogP contribution in [-0.4, -0.2) is 34.2 Å². The summed E-state index contributed by atoms with van der Waals surface area (Å²) >= 11 is 0. The lowest BCUT2D eigenvalue weighted by Gasteiger charge is -2.02. The highest BCUT2D eigenvalue weighted by molar-refractivity contribution is 5.73. The highest BCUT2D eigenvalue weighted by Crippen LogP contribution is 2.08. The van der Waals surface area contributed by atoms with Crippen LogP contribution in [0, 0.1) is 0 Å². The number of carboxylic acid groups (broad SMARTS) is 2. The average molecular weight is 340 g/mol. The van der Waals surface area contributed by atoms with Gasteiger partial charge in [0.15, 0.2) is 0 Å². The summed E-state index contributed by atoms with van der Waals surface area (Å²) in [6, 6.07) is -1.52. The van der Waals surface area contributed by atoms with Crippen molar-refractivity contribution in [1.82, 2.24) is 0 Å². The summed E-state index contributed by atoms with van der Waals surface area (Å²) in [7, 11) is 0. The van der Waals surface area contributed by atoms with Crippen molar-refractivity contribution in [2.75, 3.05) is 0 Å². The van der Waals surface area contributed by atoms with Crippen molar-refractivity contribution in [2.45, 2.75) is 76.3 Å². The second-order valence-corrected chi connectivity index (χ2v) is 5.98. The summed E-state index contributed by atoms with van der Waals surface area (Å²) in [6.45, 7) is 0. The third kappa shape index (κ3) is 14.0. The first-order chi connectivity index (χ1) is 11.4. The van der Waals surface area contributed by atoms with Crippen LogP contribution in [0.4, 0.5) is 0 Å². The van der Waals surface area contributed by atoms with Gasteiger partial charge in [0.25, 0.3) is 0 Å². The van der Waals surface area contributed by atoms with Crippen LogP contribution in [0.25, 0.3) is 0 Å². The van der Waals surface area contributed by atoms with Crippen molar-refractivity contribution >= 4 is 11.9 Å². The maximum absolute atomic E-state index is 10.5. The van der Waals surface area contributed by atoms with Gasteiger partial charge in [-0.2, -0.15) is 0 Å². The summed E-state index contributed by atoms with van der Waals surface area (Å²) in [4.78, 5) is 21.0. The molecule has 24 heavy (non-hydrogen) atoms. The van der Waals surface area contributed by atoms with E-state index in [0.29, 0.717) is 25.7 Å². The van der Waals surface area contributed by atoms with Gasteiger partial charge in [-0.15, -0.1) is 0 Å². The molecule has 0 bridgehead atoms. The van der Waals surface area contributed by atoms with Crippen LogP contribution in [0.3, 0.4) is 0 Å². The monoisotopic (exact) mass is 340 g/mol. The maximum Gasteiger partial charge on any atom is 0.320 e. The molecule has 2 atom stereocenters. The van der Waals surface area contributed by atoms with Gasteiger partial charge in [0, 0.05) is 0 Å². The van der Waals surface area contributed by atoms with Crippen LogP contribution in [0.15, 0.2) is 24.3 Å². The zero-order valence-electron chi connectivity index (χ0n) is 14.4. The van der Waals surface area contributed by atoms with Gasteiger partial charge in [0.1, 0.15) is 12.1 Å². The third-order valence-corrected chi connectivity index (χ3v) is 3.75. The Morgan fingerprint density at radius 1 is 0.667 bits per heavy atom. The minimum absolute atomic E-state index is 0.482. The average Bonchev–Trinajstić information content (AvgIpc) is 2.54. The lowest BCUT2D eigenvalue weighted by molar-refractivity contribution is -0.139. The molecule has 0 aromatic rings. The molecule has 138 valence electrons. The number of nitrogens with two attached hydrogens (primary N) is 2. The fourth-order valence-electron chi connectivity index (χ4n) is 2.15. The number of rotatable bonds is 15. The Kier molecular flexibility index (Phi) is 13.9. The van der Waals surface area contributed by atoms with E-state index in [2.05, 4.69) is 12.2 Å². The van der Waals surface area contributed by atoms with Crippen LogP contribution in [0.5, 0.6) is 0 Å². The van der Waals surface area contributed by atoms with Gasteiger partial charge in [-0.05, 0) is 51.4 Å². The van der Waals surface area contributed by atoms with Crippen LogP contribution in [0.1, 0.15) is 64.2 Å². The standard InChI is InChI=1S/C18H32N2O4/c19-15(17(21)22)13-11-9-7-5-3-1-2-4-6-8-10-12-14-16(20)18(23)24/h7-10,15-16H,1-6,11-14,19-20H2,(H,21,22)(H,23,24)/b9-7-,10-8-/t15-,16-/m0/s1. The summed E-state index contributed by atoms with van der Waals surface area (Å²) in [5.41, 5.74) is 10.8. The zero-order valence-corrected chi connectivity index (χ0v) is 14.4. The van der Waals surface area contributed by atoms with E-state index < -0.39 is 24.0 Å². The first kappa shape index (κ1) is 22.3. The molecule has 0 radical (unpaired) electrons. The fourth-order valence-corrected chi connectivity index (χ4v) is 2.15. The SMILES string of the molecule is N[C@@H](CC/C=C\CCCCCC/C=C\CC[C@H](N)C(=O)O)C(=O)O. The van der Waals surface area contributed by atoms with Crippen molar-refractivity contribution < 1.29 is 19.8 Å². The number of carboxylic acids is 2. The lowest BCUT2D eigenvalue weighted by atomic mass is 10.1. The highest BCUT2D eigenvalue weighted by Gasteiger charge is 2.09. The number of aliphatic carboxylic acids is 2. The number of carbonyl (C=O) groups is 2. The van der Waals surface area contributed by atoms with E-state index in [1.165, 1.54) is 12.8 Å². The van der Waals surface area contributed by atoms with Crippen molar-refractivity contribution in [3.8, 4) is 0 Å². The molecule has 0 amide bonds. The molecule has 6 nitrogen and oxygen atoms in total. The van der Waals surface area contributed by atoms with Gasteiger partial charge >= 0.3 is 11.9 Å². The molecule has 0 unspecified atom stereocenters. The fraction of sp³-hybridized carbons (Fsp3) is 0.667. The Morgan fingerprint density at radius 3 is 1.33 bits per heavy atom. The zero-order chi connectivity index (χ0) is 18.2.